The van der Waals surface area contributed by atoms with Crippen LogP contribution in [0.25, 0.3) is 28.1 Å². The van der Waals surface area contributed by atoms with Crippen LogP contribution in [0, 0.1) is 5.82 Å². The number of halogens is 3. The molecular formula is C24H18Cl2FN9O. The third-order valence-corrected chi connectivity index (χ3v) is 7.10. The highest BCUT2D eigenvalue weighted by atomic mass is 35.5. The second kappa shape index (κ2) is 8.79. The molecule has 0 bridgehead atoms. The molecule has 4 aromatic heterocycles. The van der Waals surface area contributed by atoms with Crippen molar-refractivity contribution in [2.75, 3.05) is 5.73 Å². The first-order valence-corrected chi connectivity index (χ1v) is 12.0. The van der Waals surface area contributed by atoms with Crippen molar-refractivity contribution in [3.05, 3.63) is 86.8 Å². The van der Waals surface area contributed by atoms with Crippen LogP contribution in [0.4, 0.5) is 10.2 Å². The topological polar surface area (TPSA) is 133 Å². The second-order valence-corrected chi connectivity index (χ2v) is 9.56. The molecule has 3 N–H and O–H groups in total. The summed E-state index contributed by atoms with van der Waals surface area (Å²) in [7, 11) is 0. The molecule has 0 aliphatic carbocycles. The Labute approximate surface area is 218 Å². The van der Waals surface area contributed by atoms with Crippen LogP contribution in [0.15, 0.2) is 53.7 Å². The summed E-state index contributed by atoms with van der Waals surface area (Å²) in [4.78, 5) is 25.4. The van der Waals surface area contributed by atoms with E-state index in [1.54, 1.807) is 35.0 Å². The number of pyridine rings is 2. The van der Waals surface area contributed by atoms with Crippen LogP contribution in [0.2, 0.25) is 10.2 Å². The highest BCUT2D eigenvalue weighted by Gasteiger charge is 2.33. The Kier molecular flexibility index (Phi) is 5.54. The summed E-state index contributed by atoms with van der Waals surface area (Å²) in [6.45, 7) is 2.01. The predicted molar refractivity (Wildman–Crippen MR) is 136 cm³/mol. The molecule has 1 aromatic carbocycles. The lowest BCUT2D eigenvalue weighted by Gasteiger charge is -2.16. The van der Waals surface area contributed by atoms with Crippen LogP contribution in [0.3, 0.4) is 0 Å². The molecule has 2 atom stereocenters. The largest absolute Gasteiger partial charge is 0.384 e. The van der Waals surface area contributed by atoms with Gasteiger partial charge in [-0.3, -0.25) is 4.79 Å². The number of hydrogen-bond acceptors (Lipinski definition) is 7. The van der Waals surface area contributed by atoms with E-state index in [2.05, 4.69) is 30.5 Å². The van der Waals surface area contributed by atoms with E-state index in [0.29, 0.717) is 40.6 Å². The Bertz CT molecular complexity index is 1710. The number of nitrogen functional groups attached to an aromatic ring is 1. The van der Waals surface area contributed by atoms with Crippen molar-refractivity contribution in [2.45, 2.75) is 25.3 Å². The van der Waals surface area contributed by atoms with Crippen molar-refractivity contribution in [3.63, 3.8) is 0 Å². The minimum absolute atomic E-state index is 0.00768. The van der Waals surface area contributed by atoms with Crippen molar-refractivity contribution in [3.8, 4) is 28.1 Å². The highest BCUT2D eigenvalue weighted by Crippen LogP contribution is 2.41. The summed E-state index contributed by atoms with van der Waals surface area (Å²) >= 11 is 12.4. The first-order chi connectivity index (χ1) is 17.8. The minimum atomic E-state index is -0.661. The van der Waals surface area contributed by atoms with Crippen LogP contribution in [-0.2, 0) is 0 Å². The van der Waals surface area contributed by atoms with E-state index in [4.69, 9.17) is 28.9 Å². The molecule has 0 spiro atoms. The normalized spacial score (nSPS) is 16.8. The number of H-pyrrole nitrogens is 1. The van der Waals surface area contributed by atoms with Crippen LogP contribution >= 0.6 is 23.2 Å². The second-order valence-electron chi connectivity index (χ2n) is 8.80. The molecule has 1 aliphatic rings. The number of fused-ring (bicyclic) bond motifs is 1. The smallest absolute Gasteiger partial charge is 0.252 e. The van der Waals surface area contributed by atoms with E-state index in [9.17, 15) is 4.79 Å². The Morgan fingerprint density at radius 2 is 2.03 bits per heavy atom. The van der Waals surface area contributed by atoms with Crippen LogP contribution in [0.1, 0.15) is 36.8 Å². The average molecular weight is 538 g/mol. The van der Waals surface area contributed by atoms with E-state index in [1.165, 1.54) is 23.1 Å². The van der Waals surface area contributed by atoms with Gasteiger partial charge in [0, 0.05) is 22.9 Å². The summed E-state index contributed by atoms with van der Waals surface area (Å²) in [6.07, 6.45) is 3.62. The van der Waals surface area contributed by atoms with Gasteiger partial charge >= 0.3 is 0 Å². The Morgan fingerprint density at radius 3 is 2.78 bits per heavy atom. The van der Waals surface area contributed by atoms with Crippen LogP contribution in [-0.4, -0.2) is 39.7 Å². The zero-order valence-electron chi connectivity index (χ0n) is 19.2. The lowest BCUT2D eigenvalue weighted by atomic mass is 9.99. The van der Waals surface area contributed by atoms with Crippen LogP contribution < -0.4 is 11.3 Å². The van der Waals surface area contributed by atoms with E-state index >= 15 is 4.39 Å². The number of benzene rings is 1. The zero-order valence-corrected chi connectivity index (χ0v) is 20.7. The molecule has 0 saturated carbocycles. The summed E-state index contributed by atoms with van der Waals surface area (Å²) in [5.74, 6) is 0.248. The lowest BCUT2D eigenvalue weighted by molar-refractivity contribution is 0.557. The molecule has 0 unspecified atom stereocenters. The Hall–Kier alpha value is -4.09. The molecule has 0 fully saturated rings. The standard InChI is InChI=1S/C24H18Cl2FN9O/c1-11-6-18(24-29-9-15(31-24)13-2-5-19(28)32-23(13)26)36-17(11)7-12(8-20(36)37)21-16(35-10-30-33-34-35)4-3-14(25)22(21)27/h2-5,7-11,18H,6H2,1H3,(H2,28,32)(H,29,31)/t11-,18+/m0/s1. The number of rotatable bonds is 4. The van der Waals surface area contributed by atoms with Gasteiger partial charge in [-0.15, -0.1) is 5.10 Å². The van der Waals surface area contributed by atoms with E-state index < -0.39 is 5.82 Å². The SMILES string of the molecule is C[C@H]1C[C@H](c2ncc(-c3ccc(N)nc3Cl)[nH]2)n2c1cc(-c1c(-n3cnnn3)ccc(Cl)c1F)cc2=O. The average Bonchev–Trinajstić information content (AvgIpc) is 3.62. The fourth-order valence-electron chi connectivity index (χ4n) is 4.82. The highest BCUT2D eigenvalue weighted by molar-refractivity contribution is 6.32. The molecule has 10 nitrogen and oxygen atoms in total. The summed E-state index contributed by atoms with van der Waals surface area (Å²) in [6, 6.07) is 9.29. The van der Waals surface area contributed by atoms with Gasteiger partial charge in [0.1, 0.15) is 23.1 Å². The van der Waals surface area contributed by atoms with Gasteiger partial charge in [0.2, 0.25) is 0 Å². The first-order valence-electron chi connectivity index (χ1n) is 11.3. The quantitative estimate of drug-likeness (QED) is 0.324. The summed E-state index contributed by atoms with van der Waals surface area (Å²) in [5.41, 5.74) is 8.35. The monoisotopic (exact) mass is 537 g/mol. The number of tetrazole rings is 1. The van der Waals surface area contributed by atoms with Gasteiger partial charge in [-0.2, -0.15) is 4.68 Å². The molecule has 37 heavy (non-hydrogen) atoms. The molecule has 13 heteroatoms. The molecule has 5 heterocycles. The Morgan fingerprint density at radius 1 is 1.19 bits per heavy atom. The number of imidazole rings is 1. The third-order valence-electron chi connectivity index (χ3n) is 6.52. The van der Waals surface area contributed by atoms with Gasteiger partial charge in [-0.05, 0) is 58.7 Å². The number of nitrogens with one attached hydrogen (secondary N) is 1. The molecule has 5 aromatic rings. The number of anilines is 1. The number of aromatic nitrogens is 8. The van der Waals surface area contributed by atoms with Gasteiger partial charge in [0.25, 0.3) is 5.56 Å². The van der Waals surface area contributed by atoms with E-state index in [-0.39, 0.29) is 33.3 Å². The van der Waals surface area contributed by atoms with Gasteiger partial charge in [-0.1, -0.05) is 30.1 Å². The third kappa shape index (κ3) is 3.87. The summed E-state index contributed by atoms with van der Waals surface area (Å²) < 4.78 is 18.3. The van der Waals surface area contributed by atoms with Crippen molar-refractivity contribution < 1.29 is 4.39 Å². The van der Waals surface area contributed by atoms with Gasteiger partial charge in [-0.25, -0.2) is 14.4 Å². The van der Waals surface area contributed by atoms with Crippen LogP contribution in [0.5, 0.6) is 0 Å². The van der Waals surface area contributed by atoms with E-state index in [0.717, 1.165) is 5.69 Å². The maximum atomic E-state index is 15.3. The fourth-order valence-corrected chi connectivity index (χ4v) is 5.24. The molecule has 0 amide bonds. The number of hydrogen-bond donors (Lipinski definition) is 2. The lowest BCUT2D eigenvalue weighted by Crippen LogP contribution is -2.24. The zero-order chi connectivity index (χ0) is 25.8. The Balaban J connectivity index is 1.44. The molecule has 1 aliphatic heterocycles. The van der Waals surface area contributed by atoms with E-state index in [1.807, 2.05) is 6.92 Å². The van der Waals surface area contributed by atoms with Gasteiger partial charge in [0.05, 0.1) is 28.6 Å². The number of nitrogens with zero attached hydrogens (tertiary/aromatic N) is 7. The van der Waals surface area contributed by atoms with Crippen molar-refractivity contribution in [1.29, 1.82) is 0 Å². The maximum Gasteiger partial charge on any atom is 0.252 e. The summed E-state index contributed by atoms with van der Waals surface area (Å²) in [5, 5.41) is 11.3. The molecule has 6 rings (SSSR count). The van der Waals surface area contributed by atoms with Gasteiger partial charge < -0.3 is 15.3 Å². The fraction of sp³-hybridized carbons (Fsp3) is 0.167. The van der Waals surface area contributed by atoms with Crippen molar-refractivity contribution in [1.82, 2.24) is 39.7 Å². The molecule has 186 valence electrons. The number of aromatic amines is 1. The predicted octanol–water partition coefficient (Wildman–Crippen LogP) is 4.40. The molecule has 0 saturated heterocycles. The first kappa shape index (κ1) is 23.3. The van der Waals surface area contributed by atoms with Gasteiger partial charge in [0.15, 0.2) is 5.82 Å². The number of nitrogens with two attached hydrogens (primary N) is 1. The van der Waals surface area contributed by atoms with Crippen molar-refractivity contribution in [2.24, 2.45) is 0 Å². The minimum Gasteiger partial charge on any atom is -0.384 e. The molecule has 0 radical (unpaired) electrons. The van der Waals surface area contributed by atoms with Crippen molar-refractivity contribution >= 4 is 29.0 Å². The maximum absolute atomic E-state index is 15.3. The molecular weight excluding hydrogens is 520 g/mol.